The molecule has 2 N–H and O–H groups in total. The van der Waals surface area contributed by atoms with Crippen LogP contribution in [0.25, 0.3) is 0 Å². The van der Waals surface area contributed by atoms with Gasteiger partial charge >= 0.3 is 0 Å². The van der Waals surface area contributed by atoms with E-state index in [4.69, 9.17) is 11.6 Å². The van der Waals surface area contributed by atoms with Gasteiger partial charge in [0.1, 0.15) is 5.54 Å². The van der Waals surface area contributed by atoms with Crippen LogP contribution in [0.2, 0.25) is 5.02 Å². The lowest BCUT2D eigenvalue weighted by molar-refractivity contribution is -0.126. The maximum absolute atomic E-state index is 12.8. The number of carbonyl (C=O) groups excluding carboxylic acids is 2. The number of hydrogen-bond acceptors (Lipinski definition) is 5. The molecule has 2 aromatic rings. The van der Waals surface area contributed by atoms with Crippen LogP contribution in [0.3, 0.4) is 0 Å². The van der Waals surface area contributed by atoms with Gasteiger partial charge in [-0.25, -0.2) is 8.42 Å². The van der Waals surface area contributed by atoms with Crippen LogP contribution in [0.15, 0.2) is 53.4 Å². The average molecular weight is 506 g/mol. The van der Waals surface area contributed by atoms with Crippen molar-refractivity contribution in [3.05, 3.63) is 64.7 Å². The number of carbonyl (C=O) groups is 2. The number of piperidine rings is 1. The molecule has 1 aliphatic heterocycles. The van der Waals surface area contributed by atoms with E-state index in [9.17, 15) is 18.0 Å². The van der Waals surface area contributed by atoms with E-state index in [-0.39, 0.29) is 16.4 Å². The number of nitrogens with zero attached hydrogens (tertiary/aromatic N) is 1. The second kappa shape index (κ2) is 10.9. The summed E-state index contributed by atoms with van der Waals surface area (Å²) >= 11 is 5.95. The molecule has 2 aromatic carbocycles. The molecule has 0 saturated carbocycles. The molecular formula is C25H32ClN3O4S. The van der Waals surface area contributed by atoms with Crippen LogP contribution in [0.1, 0.15) is 42.6 Å². The summed E-state index contributed by atoms with van der Waals surface area (Å²) in [5.41, 5.74) is 0.278. The Bertz CT molecular complexity index is 1130. The number of amides is 2. The average Bonchev–Trinajstić information content (AvgIpc) is 2.79. The minimum atomic E-state index is -3.43. The molecule has 1 fully saturated rings. The van der Waals surface area contributed by atoms with E-state index in [0.717, 1.165) is 43.8 Å². The number of benzene rings is 2. The van der Waals surface area contributed by atoms with Crippen LogP contribution in [-0.4, -0.2) is 56.6 Å². The highest BCUT2D eigenvalue weighted by Crippen LogP contribution is 2.20. The molecule has 9 heteroatoms. The van der Waals surface area contributed by atoms with Gasteiger partial charge < -0.3 is 10.6 Å². The molecule has 0 aromatic heterocycles. The Morgan fingerprint density at radius 1 is 1.09 bits per heavy atom. The third kappa shape index (κ3) is 7.29. The lowest BCUT2D eigenvalue weighted by Gasteiger charge is -2.33. The van der Waals surface area contributed by atoms with Gasteiger partial charge in [0.2, 0.25) is 5.91 Å². The smallest absolute Gasteiger partial charge is 0.252 e. The Hall–Kier alpha value is -2.42. The zero-order chi connectivity index (χ0) is 24.9. The molecule has 1 aliphatic rings. The first kappa shape index (κ1) is 26.2. The van der Waals surface area contributed by atoms with E-state index in [1.54, 1.807) is 13.8 Å². The highest BCUT2D eigenvalue weighted by atomic mass is 35.5. The van der Waals surface area contributed by atoms with E-state index in [0.29, 0.717) is 12.5 Å². The second-order valence-corrected chi connectivity index (χ2v) is 11.9. The van der Waals surface area contributed by atoms with Crippen molar-refractivity contribution < 1.29 is 18.0 Å². The van der Waals surface area contributed by atoms with Gasteiger partial charge in [-0.1, -0.05) is 29.8 Å². The third-order valence-corrected chi connectivity index (χ3v) is 7.46. The molecule has 2 amide bonds. The predicted octanol–water partition coefficient (Wildman–Crippen LogP) is 3.28. The largest absolute Gasteiger partial charge is 0.354 e. The summed E-state index contributed by atoms with van der Waals surface area (Å²) in [5.74, 6) is -0.395. The molecule has 1 saturated heterocycles. The summed E-state index contributed by atoms with van der Waals surface area (Å²) in [6.07, 6.45) is 3.06. The van der Waals surface area contributed by atoms with Gasteiger partial charge in [0, 0.05) is 29.9 Å². The Labute approximate surface area is 206 Å². The molecule has 0 bridgehead atoms. The zero-order valence-electron chi connectivity index (χ0n) is 19.8. The van der Waals surface area contributed by atoms with Crippen LogP contribution in [-0.2, 0) is 21.2 Å². The van der Waals surface area contributed by atoms with E-state index in [2.05, 4.69) is 15.5 Å². The van der Waals surface area contributed by atoms with Crippen LogP contribution in [0.5, 0.6) is 0 Å². The van der Waals surface area contributed by atoms with Crippen LogP contribution >= 0.6 is 11.6 Å². The van der Waals surface area contributed by atoms with E-state index < -0.39 is 21.3 Å². The molecule has 0 atom stereocenters. The first-order valence-electron chi connectivity index (χ1n) is 11.3. The van der Waals surface area contributed by atoms with Gasteiger partial charge in [-0.3, -0.25) is 14.5 Å². The Morgan fingerprint density at radius 2 is 1.74 bits per heavy atom. The van der Waals surface area contributed by atoms with Gasteiger partial charge in [0.05, 0.1) is 4.90 Å². The minimum absolute atomic E-state index is 0.0600. The highest BCUT2D eigenvalue weighted by molar-refractivity contribution is 7.90. The van der Waals surface area contributed by atoms with Crippen molar-refractivity contribution in [2.45, 2.75) is 43.7 Å². The zero-order valence-corrected chi connectivity index (χ0v) is 21.4. The van der Waals surface area contributed by atoms with Gasteiger partial charge in [-0.15, -0.1) is 0 Å². The Morgan fingerprint density at radius 3 is 2.35 bits per heavy atom. The van der Waals surface area contributed by atoms with E-state index in [1.807, 2.05) is 24.3 Å². The summed E-state index contributed by atoms with van der Waals surface area (Å²) in [5, 5.41) is 6.42. The molecule has 0 spiro atoms. The van der Waals surface area contributed by atoms with Gasteiger partial charge in [0.15, 0.2) is 9.84 Å². The summed E-state index contributed by atoms with van der Waals surface area (Å²) in [6.45, 7) is 6.62. The molecule has 3 rings (SSSR count). The van der Waals surface area contributed by atoms with Gasteiger partial charge in [-0.2, -0.15) is 0 Å². The Balaban J connectivity index is 1.47. The summed E-state index contributed by atoms with van der Waals surface area (Å²) in [7, 11) is -3.43. The topological polar surface area (TPSA) is 95.6 Å². The van der Waals surface area contributed by atoms with Gasteiger partial charge in [0.25, 0.3) is 5.91 Å². The fraction of sp³-hybridized carbons (Fsp3) is 0.440. The minimum Gasteiger partial charge on any atom is -0.354 e. The number of halogens is 1. The van der Waals surface area contributed by atoms with Crippen molar-refractivity contribution in [3.63, 3.8) is 0 Å². The first-order valence-corrected chi connectivity index (χ1v) is 13.6. The van der Waals surface area contributed by atoms with Crippen LogP contribution in [0.4, 0.5) is 0 Å². The molecular weight excluding hydrogens is 474 g/mol. The van der Waals surface area contributed by atoms with Crippen molar-refractivity contribution >= 4 is 33.3 Å². The molecule has 0 unspecified atom stereocenters. The van der Waals surface area contributed by atoms with E-state index in [1.165, 1.54) is 29.8 Å². The predicted molar refractivity (Wildman–Crippen MR) is 134 cm³/mol. The lowest BCUT2D eigenvalue weighted by Crippen LogP contribution is -2.55. The summed E-state index contributed by atoms with van der Waals surface area (Å²) < 4.78 is 23.5. The highest BCUT2D eigenvalue weighted by Gasteiger charge is 2.31. The van der Waals surface area contributed by atoms with Crippen molar-refractivity contribution in [1.82, 2.24) is 15.5 Å². The maximum atomic E-state index is 12.8. The van der Waals surface area contributed by atoms with Crippen molar-refractivity contribution in [1.29, 1.82) is 0 Å². The number of likely N-dealkylation sites (tertiary alicyclic amines) is 1. The number of rotatable bonds is 8. The Kier molecular flexibility index (Phi) is 8.38. The second-order valence-electron chi connectivity index (χ2n) is 9.44. The number of nitrogens with one attached hydrogen (secondary N) is 2. The third-order valence-electron chi connectivity index (χ3n) is 6.10. The normalized spacial score (nSPS) is 15.6. The van der Waals surface area contributed by atoms with Crippen LogP contribution in [0, 0.1) is 5.92 Å². The molecule has 34 heavy (non-hydrogen) atoms. The molecule has 184 valence electrons. The molecule has 1 heterocycles. The molecule has 7 nitrogen and oxygen atoms in total. The monoisotopic (exact) mass is 505 g/mol. The standard InChI is InChI=1S/C25H32ClN3O4S/c1-25(2,28-23(30)20-5-4-6-22(15-20)34(3,32)33)24(31)27-16-18-11-13-29(14-12-18)17-19-7-9-21(26)10-8-19/h4-10,15,18H,11-14,16-17H2,1-3H3,(H,27,31)(H,28,30). The van der Waals surface area contributed by atoms with Crippen molar-refractivity contribution in [2.75, 3.05) is 25.9 Å². The fourth-order valence-electron chi connectivity index (χ4n) is 3.94. The number of hydrogen-bond donors (Lipinski definition) is 2. The SMILES string of the molecule is CC(C)(NC(=O)c1cccc(S(C)(=O)=O)c1)C(=O)NCC1CCN(Cc2ccc(Cl)cc2)CC1. The van der Waals surface area contributed by atoms with Crippen LogP contribution < -0.4 is 10.6 Å². The first-order chi connectivity index (χ1) is 15.9. The number of sulfone groups is 1. The van der Waals surface area contributed by atoms with Crippen molar-refractivity contribution in [3.8, 4) is 0 Å². The van der Waals surface area contributed by atoms with Crippen molar-refractivity contribution in [2.24, 2.45) is 5.92 Å². The van der Waals surface area contributed by atoms with E-state index >= 15 is 0 Å². The van der Waals surface area contributed by atoms with Gasteiger partial charge in [-0.05, 0) is 81.6 Å². The summed E-state index contributed by atoms with van der Waals surface area (Å²) in [6, 6.07) is 13.7. The quantitative estimate of drug-likeness (QED) is 0.574. The molecule has 0 radical (unpaired) electrons. The lowest BCUT2D eigenvalue weighted by atomic mass is 9.95. The summed E-state index contributed by atoms with van der Waals surface area (Å²) in [4.78, 5) is 27.9. The maximum Gasteiger partial charge on any atom is 0.252 e. The molecule has 0 aliphatic carbocycles. The fourth-order valence-corrected chi connectivity index (χ4v) is 4.73.